The topological polar surface area (TPSA) is 32.4 Å². The lowest BCUT2D eigenvalue weighted by Gasteiger charge is -2.34. The molecule has 0 unspecified atom stereocenters. The molecule has 2 heterocycles. The van der Waals surface area contributed by atoms with Crippen LogP contribution in [0.3, 0.4) is 0 Å². The number of benzene rings is 1. The van der Waals surface area contributed by atoms with Crippen LogP contribution in [0.25, 0.3) is 0 Å². The molecule has 5 heteroatoms. The van der Waals surface area contributed by atoms with Gasteiger partial charge in [0.1, 0.15) is 12.4 Å². The van der Waals surface area contributed by atoms with Gasteiger partial charge in [0.05, 0.1) is 18.4 Å². The Morgan fingerprint density at radius 3 is 2.63 bits per heavy atom. The van der Waals surface area contributed by atoms with Gasteiger partial charge in [0.15, 0.2) is 0 Å². The normalized spacial score (nSPS) is 14.4. The van der Waals surface area contributed by atoms with E-state index in [0.29, 0.717) is 6.54 Å². The van der Waals surface area contributed by atoms with Gasteiger partial charge in [-0.3, -0.25) is 4.90 Å². The first-order valence-electron chi connectivity index (χ1n) is 6.32. The van der Waals surface area contributed by atoms with Crippen molar-refractivity contribution >= 4 is 17.4 Å². The Morgan fingerprint density at radius 2 is 1.95 bits per heavy atom. The van der Waals surface area contributed by atoms with Crippen molar-refractivity contribution in [2.45, 2.75) is 0 Å². The summed E-state index contributed by atoms with van der Waals surface area (Å²) in [4.78, 5) is 16.5. The number of anilines is 2. The van der Waals surface area contributed by atoms with Gasteiger partial charge >= 0.3 is 6.03 Å². The minimum Gasteiger partial charge on any atom is -0.371 e. The molecule has 0 N–H and O–H groups in total. The summed E-state index contributed by atoms with van der Waals surface area (Å²) in [6.45, 7) is 1.55. The van der Waals surface area contributed by atoms with Gasteiger partial charge in [-0.1, -0.05) is 12.1 Å². The first-order chi connectivity index (χ1) is 9.16. The molecule has 0 fully saturated rings. The number of aromatic nitrogens is 2. The largest absolute Gasteiger partial charge is 0.420 e. The van der Waals surface area contributed by atoms with Crippen molar-refractivity contribution in [3.63, 3.8) is 0 Å². The van der Waals surface area contributed by atoms with E-state index in [1.54, 1.807) is 17.1 Å². The molecule has 1 aliphatic rings. The van der Waals surface area contributed by atoms with Gasteiger partial charge in [-0.15, -0.1) is 0 Å². The Bertz CT molecular complexity index is 619. The molecule has 1 aromatic carbocycles. The van der Waals surface area contributed by atoms with Gasteiger partial charge in [-0.2, -0.15) is 4.57 Å². The molecular formula is C14H17N4O+. The van der Waals surface area contributed by atoms with E-state index in [2.05, 4.69) is 11.9 Å². The number of likely N-dealkylation sites (N-methyl/N-ethyl adjacent to an activating group) is 1. The standard InChI is InChI=1S/C14H17N4O/c1-15-7-9-17(11-15)14(19)18-10-8-16(2)12-5-3-4-6-13(12)18/h3-7,9,11H,8,10H2,1-2H3/q+1. The van der Waals surface area contributed by atoms with Crippen LogP contribution in [0, 0.1) is 0 Å². The molecule has 5 nitrogen and oxygen atoms in total. The second kappa shape index (κ2) is 4.42. The van der Waals surface area contributed by atoms with Crippen molar-refractivity contribution in [3.05, 3.63) is 43.0 Å². The molecule has 3 rings (SSSR count). The van der Waals surface area contributed by atoms with Crippen LogP contribution in [-0.2, 0) is 7.05 Å². The number of amides is 1. The molecular weight excluding hydrogens is 240 g/mol. The smallest absolute Gasteiger partial charge is 0.371 e. The van der Waals surface area contributed by atoms with Crippen LogP contribution in [0.15, 0.2) is 43.0 Å². The number of aryl methyl sites for hydroxylation is 1. The fraction of sp³-hybridized carbons (Fsp3) is 0.286. The fourth-order valence-electron chi connectivity index (χ4n) is 2.41. The summed E-state index contributed by atoms with van der Waals surface area (Å²) in [6, 6.07) is 7.99. The van der Waals surface area contributed by atoms with Crippen LogP contribution < -0.4 is 14.4 Å². The molecule has 0 aliphatic carbocycles. The van der Waals surface area contributed by atoms with Crippen LogP contribution in [0.5, 0.6) is 0 Å². The summed E-state index contributed by atoms with van der Waals surface area (Å²) < 4.78 is 3.47. The van der Waals surface area contributed by atoms with Crippen molar-refractivity contribution in [2.24, 2.45) is 7.05 Å². The zero-order chi connectivity index (χ0) is 13.4. The van der Waals surface area contributed by atoms with Crippen LogP contribution in [0.2, 0.25) is 0 Å². The van der Waals surface area contributed by atoms with Gasteiger partial charge < -0.3 is 4.90 Å². The summed E-state index contributed by atoms with van der Waals surface area (Å²) in [7, 11) is 3.96. The average Bonchev–Trinajstić information content (AvgIpc) is 2.86. The van der Waals surface area contributed by atoms with Crippen LogP contribution in [0.1, 0.15) is 0 Å². The molecule has 1 aromatic heterocycles. The summed E-state index contributed by atoms with van der Waals surface area (Å²) in [5, 5.41) is 0. The van der Waals surface area contributed by atoms with Crippen molar-refractivity contribution in [2.75, 3.05) is 29.9 Å². The Labute approximate surface area is 112 Å². The number of nitrogens with zero attached hydrogens (tertiary/aromatic N) is 4. The van der Waals surface area contributed by atoms with E-state index in [-0.39, 0.29) is 6.03 Å². The van der Waals surface area contributed by atoms with Gasteiger partial charge in [-0.25, -0.2) is 9.36 Å². The monoisotopic (exact) mass is 257 g/mol. The summed E-state index contributed by atoms with van der Waals surface area (Å²) in [6.07, 6.45) is 5.42. The van der Waals surface area contributed by atoms with Gasteiger partial charge in [0.2, 0.25) is 0 Å². The zero-order valence-electron chi connectivity index (χ0n) is 11.2. The fourth-order valence-corrected chi connectivity index (χ4v) is 2.41. The van der Waals surface area contributed by atoms with Crippen molar-refractivity contribution in [1.82, 2.24) is 4.57 Å². The highest BCUT2D eigenvalue weighted by Crippen LogP contribution is 2.31. The third-order valence-electron chi connectivity index (χ3n) is 3.46. The lowest BCUT2D eigenvalue weighted by molar-refractivity contribution is -0.670. The van der Waals surface area contributed by atoms with E-state index in [1.165, 1.54) is 0 Å². The molecule has 0 saturated heterocycles. The maximum Gasteiger partial charge on any atom is 0.420 e. The molecule has 0 atom stereocenters. The molecule has 1 aliphatic heterocycles. The van der Waals surface area contributed by atoms with Crippen LogP contribution in [0.4, 0.5) is 16.2 Å². The van der Waals surface area contributed by atoms with Gasteiger partial charge in [0, 0.05) is 20.1 Å². The number of hydrogen-bond donors (Lipinski definition) is 0. The number of rotatable bonds is 0. The summed E-state index contributed by atoms with van der Waals surface area (Å²) >= 11 is 0. The Kier molecular flexibility index (Phi) is 2.74. The Balaban J connectivity index is 1.98. The first-order valence-corrected chi connectivity index (χ1v) is 6.32. The molecule has 0 bridgehead atoms. The van der Waals surface area contributed by atoms with Gasteiger partial charge in [0.25, 0.3) is 6.33 Å². The van der Waals surface area contributed by atoms with E-state index < -0.39 is 0 Å². The molecule has 0 radical (unpaired) electrons. The molecule has 1 amide bonds. The molecule has 0 saturated carbocycles. The Hall–Kier alpha value is -2.30. The van der Waals surface area contributed by atoms with E-state index >= 15 is 0 Å². The van der Waals surface area contributed by atoms with E-state index in [0.717, 1.165) is 17.9 Å². The summed E-state index contributed by atoms with van der Waals surface area (Å²) in [5.41, 5.74) is 2.07. The van der Waals surface area contributed by atoms with Crippen molar-refractivity contribution in [1.29, 1.82) is 0 Å². The lowest BCUT2D eigenvalue weighted by Crippen LogP contribution is -2.44. The first kappa shape index (κ1) is 11.8. The number of fused-ring (bicyclic) bond motifs is 1. The van der Waals surface area contributed by atoms with E-state index in [4.69, 9.17) is 0 Å². The third kappa shape index (κ3) is 1.97. The highest BCUT2D eigenvalue weighted by Gasteiger charge is 2.28. The highest BCUT2D eigenvalue weighted by atomic mass is 16.2. The third-order valence-corrected chi connectivity index (χ3v) is 3.46. The maximum atomic E-state index is 12.5. The second-order valence-corrected chi connectivity index (χ2v) is 4.83. The molecule has 2 aromatic rings. The van der Waals surface area contributed by atoms with Crippen molar-refractivity contribution in [3.8, 4) is 0 Å². The molecule has 0 spiro atoms. The SMILES string of the molecule is CN1CCN(C(=O)n2cc[n+](C)c2)c2ccccc21. The quantitative estimate of drug-likeness (QED) is 0.665. The predicted molar refractivity (Wildman–Crippen MR) is 73.5 cm³/mol. The second-order valence-electron chi connectivity index (χ2n) is 4.83. The summed E-state index contributed by atoms with van der Waals surface area (Å²) in [5.74, 6) is 0. The van der Waals surface area contributed by atoms with Gasteiger partial charge in [-0.05, 0) is 12.1 Å². The number of imidazole rings is 1. The number of carbonyl (C=O) groups excluding carboxylic acids is 1. The lowest BCUT2D eigenvalue weighted by atomic mass is 10.2. The minimum atomic E-state index is -0.0128. The number of para-hydroxylation sites is 2. The Morgan fingerprint density at radius 1 is 1.21 bits per heavy atom. The van der Waals surface area contributed by atoms with E-state index in [1.807, 2.05) is 47.0 Å². The van der Waals surface area contributed by atoms with Crippen LogP contribution in [-0.4, -0.2) is 30.7 Å². The van der Waals surface area contributed by atoms with Crippen molar-refractivity contribution < 1.29 is 9.36 Å². The van der Waals surface area contributed by atoms with E-state index in [9.17, 15) is 4.79 Å². The maximum absolute atomic E-state index is 12.5. The average molecular weight is 257 g/mol. The number of hydrogen-bond acceptors (Lipinski definition) is 2. The zero-order valence-corrected chi connectivity index (χ0v) is 11.2. The number of carbonyl (C=O) groups is 1. The molecule has 19 heavy (non-hydrogen) atoms. The molecule has 98 valence electrons. The minimum absolute atomic E-state index is 0.0128. The highest BCUT2D eigenvalue weighted by molar-refractivity contribution is 5.97. The predicted octanol–water partition coefficient (Wildman–Crippen LogP) is 1.24. The van der Waals surface area contributed by atoms with Crippen LogP contribution >= 0.6 is 0 Å².